The molecule has 12 heteroatoms. The van der Waals surface area contributed by atoms with Crippen LogP contribution in [0.1, 0.15) is 82.0 Å². The van der Waals surface area contributed by atoms with Crippen LogP contribution in [-0.2, 0) is 28.5 Å². The van der Waals surface area contributed by atoms with Gasteiger partial charge in [-0.15, -0.1) is 0 Å². The Kier molecular flexibility index (Phi) is 16.3. The van der Waals surface area contributed by atoms with Gasteiger partial charge in [0, 0.05) is 12.8 Å². The molecule has 12 nitrogen and oxygen atoms in total. The maximum atomic E-state index is 13.8. The lowest BCUT2D eigenvalue weighted by atomic mass is 10.2. The second-order valence-corrected chi connectivity index (χ2v) is 13.4. The van der Waals surface area contributed by atoms with E-state index in [0.29, 0.717) is 22.3 Å². The maximum Gasteiger partial charge on any atom is 0.338 e. The first-order valence-electron chi connectivity index (χ1n) is 18.5. The molecular weight excluding hydrogens is 716 g/mol. The molecule has 0 saturated heterocycles. The molecule has 4 unspecified atom stereocenters. The van der Waals surface area contributed by atoms with Gasteiger partial charge in [-0.2, -0.15) is 0 Å². The molecule has 0 aliphatic heterocycles. The van der Waals surface area contributed by atoms with Gasteiger partial charge in [-0.3, -0.25) is 9.59 Å². The van der Waals surface area contributed by atoms with E-state index in [0.717, 1.165) is 0 Å². The number of rotatable bonds is 19. The van der Waals surface area contributed by atoms with Crippen molar-refractivity contribution in [3.05, 3.63) is 144 Å². The molecule has 0 fully saturated rings. The Hall–Kier alpha value is -6.30. The van der Waals surface area contributed by atoms with Crippen LogP contribution in [0.5, 0.6) is 0 Å². The van der Waals surface area contributed by atoms with Gasteiger partial charge in [0.25, 0.3) is 0 Å². The van der Waals surface area contributed by atoms with Crippen molar-refractivity contribution in [2.75, 3.05) is 26.2 Å². The van der Waals surface area contributed by atoms with Gasteiger partial charge in [-0.1, -0.05) is 72.8 Å². The normalized spacial score (nSPS) is 12.9. The number of hydrogen-bond donors (Lipinski definition) is 0. The molecule has 4 atom stereocenters. The Labute approximate surface area is 327 Å². The fraction of sp³-hybridized carbons (Fsp3) is 0.318. The Morgan fingerprint density at radius 1 is 0.375 bits per heavy atom. The summed E-state index contributed by atoms with van der Waals surface area (Å²) in [5, 5.41) is 0. The highest BCUT2D eigenvalue weighted by molar-refractivity contribution is 5.91. The summed E-state index contributed by atoms with van der Waals surface area (Å²) >= 11 is 0. The minimum Gasteiger partial charge on any atom is -0.457 e. The lowest BCUT2D eigenvalue weighted by molar-refractivity contribution is -0.139. The van der Waals surface area contributed by atoms with Gasteiger partial charge in [-0.25, -0.2) is 19.2 Å². The van der Waals surface area contributed by atoms with Crippen LogP contribution < -0.4 is 0 Å². The summed E-state index contributed by atoms with van der Waals surface area (Å²) in [7, 11) is 0. The smallest absolute Gasteiger partial charge is 0.338 e. The summed E-state index contributed by atoms with van der Waals surface area (Å²) in [5.41, 5.74) is 1.39. The number of hydrogen-bond acceptors (Lipinski definition) is 10. The maximum absolute atomic E-state index is 13.8. The highest BCUT2D eigenvalue weighted by Crippen LogP contribution is 2.14. The fourth-order valence-electron chi connectivity index (χ4n) is 5.78. The molecule has 4 aromatic rings. The largest absolute Gasteiger partial charge is 0.457 e. The topological polar surface area (TPSA) is 146 Å². The van der Waals surface area contributed by atoms with Crippen LogP contribution >= 0.6 is 0 Å². The van der Waals surface area contributed by atoms with E-state index in [1.54, 1.807) is 149 Å². The van der Waals surface area contributed by atoms with Crippen LogP contribution in [0.15, 0.2) is 121 Å². The summed E-state index contributed by atoms with van der Waals surface area (Å²) < 4.78 is 22.5. The summed E-state index contributed by atoms with van der Waals surface area (Å²) in [4.78, 5) is 81.6. The summed E-state index contributed by atoms with van der Waals surface area (Å²) in [5.74, 6) is -3.16. The Morgan fingerprint density at radius 2 is 0.571 bits per heavy atom. The van der Waals surface area contributed by atoms with Crippen molar-refractivity contribution in [2.24, 2.45) is 0 Å². The first-order valence-corrected chi connectivity index (χ1v) is 18.5. The third kappa shape index (κ3) is 13.8. The van der Waals surface area contributed by atoms with E-state index < -0.39 is 60.1 Å². The standard InChI is InChI=1S/C44H48N2O10/c1-31(53-41(49)35-17-9-5-10-18-35)27-45(28-32(2)54-42(50)36-19-11-6-12-20-36)39(47)25-26-40(48)46(29-33(3)55-43(51)37-21-13-7-14-22-37)30-34(4)56-44(52)38-23-15-8-16-24-38/h5-24,31-34H,25-30H2,1-4H3. The van der Waals surface area contributed by atoms with Crippen LogP contribution in [0.2, 0.25) is 0 Å². The predicted molar refractivity (Wildman–Crippen MR) is 208 cm³/mol. The van der Waals surface area contributed by atoms with Crippen molar-refractivity contribution >= 4 is 35.7 Å². The van der Waals surface area contributed by atoms with Crippen molar-refractivity contribution in [3.8, 4) is 0 Å². The van der Waals surface area contributed by atoms with Crippen LogP contribution in [-0.4, -0.2) is 96.1 Å². The molecule has 4 rings (SSSR count). The van der Waals surface area contributed by atoms with E-state index in [9.17, 15) is 28.8 Å². The van der Waals surface area contributed by atoms with E-state index in [2.05, 4.69) is 0 Å². The van der Waals surface area contributed by atoms with Crippen molar-refractivity contribution in [1.82, 2.24) is 9.80 Å². The van der Waals surface area contributed by atoms with Gasteiger partial charge in [0.05, 0.1) is 48.4 Å². The van der Waals surface area contributed by atoms with Gasteiger partial charge in [-0.05, 0) is 76.2 Å². The lowest BCUT2D eigenvalue weighted by Crippen LogP contribution is -2.45. The van der Waals surface area contributed by atoms with Crippen LogP contribution in [0.4, 0.5) is 0 Å². The molecule has 0 aliphatic rings. The van der Waals surface area contributed by atoms with Gasteiger partial charge < -0.3 is 28.7 Å². The van der Waals surface area contributed by atoms with Crippen LogP contribution in [0, 0.1) is 0 Å². The van der Waals surface area contributed by atoms with E-state index in [4.69, 9.17) is 18.9 Å². The molecular formula is C44H48N2O10. The average Bonchev–Trinajstić information content (AvgIpc) is 3.20. The molecule has 0 aromatic heterocycles. The lowest BCUT2D eigenvalue weighted by Gasteiger charge is -2.30. The van der Waals surface area contributed by atoms with Gasteiger partial charge in [0.1, 0.15) is 24.4 Å². The Morgan fingerprint density at radius 3 is 0.768 bits per heavy atom. The highest BCUT2D eigenvalue weighted by Gasteiger charge is 2.27. The molecule has 0 heterocycles. The average molecular weight is 765 g/mol. The van der Waals surface area contributed by atoms with E-state index in [-0.39, 0.29) is 39.0 Å². The molecule has 0 radical (unpaired) electrons. The second kappa shape index (κ2) is 21.6. The SMILES string of the molecule is CC(CN(CC(C)OC(=O)c1ccccc1)C(=O)CCC(=O)N(CC(C)OC(=O)c1ccccc1)CC(C)OC(=O)c1ccccc1)OC(=O)c1ccccc1. The summed E-state index contributed by atoms with van der Waals surface area (Å²) in [6.07, 6.45) is -3.51. The first kappa shape index (κ1) is 42.4. The van der Waals surface area contributed by atoms with Crippen molar-refractivity contribution in [1.29, 1.82) is 0 Å². The number of carbonyl (C=O) groups is 6. The molecule has 0 N–H and O–H groups in total. The molecule has 4 aromatic carbocycles. The molecule has 0 spiro atoms. The number of esters is 4. The van der Waals surface area contributed by atoms with Gasteiger partial charge >= 0.3 is 23.9 Å². The van der Waals surface area contributed by atoms with Gasteiger partial charge in [0.2, 0.25) is 11.8 Å². The fourth-order valence-corrected chi connectivity index (χ4v) is 5.78. The minimum atomic E-state index is -0.754. The van der Waals surface area contributed by atoms with Gasteiger partial charge in [0.15, 0.2) is 0 Å². The molecule has 2 amide bonds. The summed E-state index contributed by atoms with van der Waals surface area (Å²) in [6, 6.07) is 33.7. The summed E-state index contributed by atoms with van der Waals surface area (Å²) in [6.45, 7) is 6.41. The number of benzene rings is 4. The van der Waals surface area contributed by atoms with Crippen molar-refractivity contribution in [3.63, 3.8) is 0 Å². The van der Waals surface area contributed by atoms with E-state index >= 15 is 0 Å². The Bertz CT molecular complexity index is 1630. The van der Waals surface area contributed by atoms with E-state index in [1.165, 1.54) is 9.80 Å². The van der Waals surface area contributed by atoms with Crippen LogP contribution in [0.25, 0.3) is 0 Å². The zero-order valence-electron chi connectivity index (χ0n) is 32.1. The predicted octanol–water partition coefficient (Wildman–Crippen LogP) is 6.41. The Balaban J connectivity index is 1.45. The van der Waals surface area contributed by atoms with Crippen molar-refractivity contribution in [2.45, 2.75) is 65.0 Å². The van der Waals surface area contributed by atoms with Crippen LogP contribution in [0.3, 0.4) is 0 Å². The van der Waals surface area contributed by atoms with Crippen molar-refractivity contribution < 1.29 is 47.7 Å². The zero-order chi connectivity index (χ0) is 40.5. The minimum absolute atomic E-state index is 0.0402. The number of amides is 2. The number of carbonyl (C=O) groups excluding carboxylic acids is 6. The van der Waals surface area contributed by atoms with E-state index in [1.807, 2.05) is 0 Å². The molecule has 0 saturated carbocycles. The third-order valence-corrected chi connectivity index (χ3v) is 8.44. The molecule has 0 aliphatic carbocycles. The second-order valence-electron chi connectivity index (χ2n) is 13.4. The quantitative estimate of drug-likeness (QED) is 0.0776. The monoisotopic (exact) mass is 764 g/mol. The molecule has 0 bridgehead atoms. The first-order chi connectivity index (χ1) is 26.9. The molecule has 294 valence electrons. The molecule has 56 heavy (non-hydrogen) atoms. The highest BCUT2D eigenvalue weighted by atomic mass is 16.6. The number of ether oxygens (including phenoxy) is 4. The third-order valence-electron chi connectivity index (χ3n) is 8.44. The zero-order valence-corrected chi connectivity index (χ0v) is 32.1. The number of nitrogens with zero attached hydrogens (tertiary/aromatic N) is 2.